The van der Waals surface area contributed by atoms with E-state index in [1.807, 2.05) is 12.4 Å². The molecule has 1 saturated carbocycles. The summed E-state index contributed by atoms with van der Waals surface area (Å²) < 4.78 is 7.73. The first-order valence-electron chi connectivity index (χ1n) is 7.34. The highest BCUT2D eigenvalue weighted by atomic mass is 16.5. The Labute approximate surface area is 114 Å². The summed E-state index contributed by atoms with van der Waals surface area (Å²) in [7, 11) is 2.06. The van der Waals surface area contributed by atoms with Gasteiger partial charge >= 0.3 is 0 Å². The summed E-state index contributed by atoms with van der Waals surface area (Å²) >= 11 is 0. The maximum Gasteiger partial charge on any atom is 0.109 e. The van der Waals surface area contributed by atoms with Gasteiger partial charge in [-0.25, -0.2) is 4.98 Å². The second kappa shape index (κ2) is 6.03. The molecule has 0 spiro atoms. The zero-order chi connectivity index (χ0) is 13.1. The molecule has 1 aromatic heterocycles. The van der Waals surface area contributed by atoms with Crippen molar-refractivity contribution in [3.8, 4) is 0 Å². The molecule has 1 aromatic rings. The Morgan fingerprint density at radius 1 is 1.47 bits per heavy atom. The molecule has 2 fully saturated rings. The molecule has 106 valence electrons. The van der Waals surface area contributed by atoms with Crippen molar-refractivity contribution in [3.05, 3.63) is 18.2 Å². The van der Waals surface area contributed by atoms with E-state index < -0.39 is 0 Å². The van der Waals surface area contributed by atoms with E-state index in [0.29, 0.717) is 6.04 Å². The second-order valence-corrected chi connectivity index (χ2v) is 5.65. The summed E-state index contributed by atoms with van der Waals surface area (Å²) in [5.41, 5.74) is 0. The van der Waals surface area contributed by atoms with E-state index in [2.05, 4.69) is 26.8 Å². The highest BCUT2D eigenvalue weighted by molar-refractivity contribution is 4.93. The van der Waals surface area contributed by atoms with Crippen LogP contribution >= 0.6 is 0 Å². The predicted octanol–water partition coefficient (Wildman–Crippen LogP) is 0.415. The van der Waals surface area contributed by atoms with Gasteiger partial charge in [-0.2, -0.15) is 0 Å². The van der Waals surface area contributed by atoms with Crippen molar-refractivity contribution < 1.29 is 4.74 Å². The third kappa shape index (κ3) is 3.55. The summed E-state index contributed by atoms with van der Waals surface area (Å²) in [4.78, 5) is 6.95. The number of nitrogens with zero attached hydrogens (tertiary/aromatic N) is 3. The van der Waals surface area contributed by atoms with Crippen molar-refractivity contribution in [2.24, 2.45) is 7.05 Å². The predicted molar refractivity (Wildman–Crippen MR) is 74.1 cm³/mol. The van der Waals surface area contributed by atoms with Gasteiger partial charge in [-0.1, -0.05) is 0 Å². The fraction of sp³-hybridized carbons (Fsp3) is 0.786. The van der Waals surface area contributed by atoms with Crippen LogP contribution in [0, 0.1) is 0 Å². The molecule has 0 radical (unpaired) electrons. The van der Waals surface area contributed by atoms with Crippen LogP contribution in [0.4, 0.5) is 0 Å². The standard InChI is InChI=1S/C14H24N4O/c1-17-7-5-15-14(17)4-6-18-8-9-19-11-13(18)10-16-12-2-3-12/h5,7,12-13,16H,2-4,6,8-11H2,1H3. The molecule has 2 aliphatic rings. The number of ether oxygens (including phenoxy) is 1. The largest absolute Gasteiger partial charge is 0.378 e. The number of nitrogens with one attached hydrogen (secondary N) is 1. The Balaban J connectivity index is 1.49. The minimum atomic E-state index is 0.523. The lowest BCUT2D eigenvalue weighted by atomic mass is 10.2. The summed E-state index contributed by atoms with van der Waals surface area (Å²) in [6.45, 7) is 4.90. The van der Waals surface area contributed by atoms with E-state index in [-0.39, 0.29) is 0 Å². The van der Waals surface area contributed by atoms with E-state index in [1.54, 1.807) is 0 Å². The SMILES string of the molecule is Cn1ccnc1CCN1CCOCC1CNC1CC1. The van der Waals surface area contributed by atoms with E-state index in [0.717, 1.165) is 45.3 Å². The molecule has 1 unspecified atom stereocenters. The lowest BCUT2D eigenvalue weighted by Crippen LogP contribution is -2.51. The molecule has 1 N–H and O–H groups in total. The van der Waals surface area contributed by atoms with Gasteiger partial charge in [0.25, 0.3) is 0 Å². The maximum absolute atomic E-state index is 5.62. The number of rotatable bonds is 6. The molecule has 5 heteroatoms. The molecule has 1 atom stereocenters. The fourth-order valence-electron chi connectivity index (χ4n) is 2.64. The van der Waals surface area contributed by atoms with Gasteiger partial charge in [-0.15, -0.1) is 0 Å². The van der Waals surface area contributed by atoms with Gasteiger partial charge in [0.05, 0.1) is 13.2 Å². The lowest BCUT2D eigenvalue weighted by molar-refractivity contribution is -0.00655. The topological polar surface area (TPSA) is 42.3 Å². The van der Waals surface area contributed by atoms with Gasteiger partial charge < -0.3 is 14.6 Å². The van der Waals surface area contributed by atoms with Crippen LogP contribution in [0.2, 0.25) is 0 Å². The molecule has 5 nitrogen and oxygen atoms in total. The molecule has 0 aromatic carbocycles. The maximum atomic E-state index is 5.62. The van der Waals surface area contributed by atoms with Crippen molar-refractivity contribution in [3.63, 3.8) is 0 Å². The van der Waals surface area contributed by atoms with Crippen LogP contribution in [0.5, 0.6) is 0 Å². The molecule has 19 heavy (non-hydrogen) atoms. The van der Waals surface area contributed by atoms with E-state index in [4.69, 9.17) is 4.74 Å². The normalized spacial score (nSPS) is 24.8. The molecular formula is C14H24N4O. The summed E-state index contributed by atoms with van der Waals surface area (Å²) in [5, 5.41) is 3.62. The minimum Gasteiger partial charge on any atom is -0.378 e. The summed E-state index contributed by atoms with van der Waals surface area (Å²) in [6, 6.07) is 1.30. The average molecular weight is 264 g/mol. The van der Waals surface area contributed by atoms with E-state index in [1.165, 1.54) is 18.7 Å². The smallest absolute Gasteiger partial charge is 0.109 e. The molecule has 1 aliphatic heterocycles. The van der Waals surface area contributed by atoms with Crippen LogP contribution in [0.3, 0.4) is 0 Å². The first-order valence-corrected chi connectivity index (χ1v) is 7.34. The van der Waals surface area contributed by atoms with Crippen molar-refractivity contribution in [2.75, 3.05) is 32.8 Å². The van der Waals surface area contributed by atoms with Crippen LogP contribution in [0.1, 0.15) is 18.7 Å². The van der Waals surface area contributed by atoms with Crippen molar-refractivity contribution in [2.45, 2.75) is 31.3 Å². The molecule has 3 rings (SSSR count). The quantitative estimate of drug-likeness (QED) is 0.808. The van der Waals surface area contributed by atoms with E-state index in [9.17, 15) is 0 Å². The molecular weight excluding hydrogens is 240 g/mol. The minimum absolute atomic E-state index is 0.523. The summed E-state index contributed by atoms with van der Waals surface area (Å²) in [5.74, 6) is 1.17. The average Bonchev–Trinajstić information content (AvgIpc) is 3.17. The van der Waals surface area contributed by atoms with Crippen molar-refractivity contribution in [1.82, 2.24) is 19.8 Å². The Morgan fingerprint density at radius 2 is 2.37 bits per heavy atom. The first-order chi connectivity index (χ1) is 9.33. The Hall–Kier alpha value is -0.910. The van der Waals surface area contributed by atoms with Gasteiger partial charge in [-0.3, -0.25) is 4.90 Å². The van der Waals surface area contributed by atoms with Gasteiger partial charge in [0.2, 0.25) is 0 Å². The summed E-state index contributed by atoms with van der Waals surface area (Å²) in [6.07, 6.45) is 7.60. The van der Waals surface area contributed by atoms with Crippen LogP contribution in [-0.2, 0) is 18.2 Å². The van der Waals surface area contributed by atoms with Gasteiger partial charge in [0.1, 0.15) is 5.82 Å². The fourth-order valence-corrected chi connectivity index (χ4v) is 2.64. The highest BCUT2D eigenvalue weighted by Gasteiger charge is 2.26. The third-order valence-electron chi connectivity index (χ3n) is 4.11. The van der Waals surface area contributed by atoms with Crippen LogP contribution < -0.4 is 5.32 Å². The molecule has 2 heterocycles. The molecule has 0 bridgehead atoms. The molecule has 1 aliphatic carbocycles. The number of aryl methyl sites for hydroxylation is 1. The second-order valence-electron chi connectivity index (χ2n) is 5.65. The molecule has 0 amide bonds. The number of morpholine rings is 1. The number of imidazole rings is 1. The lowest BCUT2D eigenvalue weighted by Gasteiger charge is -2.35. The van der Waals surface area contributed by atoms with E-state index >= 15 is 0 Å². The Morgan fingerprint density at radius 3 is 3.11 bits per heavy atom. The number of hydrogen-bond acceptors (Lipinski definition) is 4. The Bertz CT molecular complexity index is 402. The van der Waals surface area contributed by atoms with Crippen LogP contribution in [0.15, 0.2) is 12.4 Å². The van der Waals surface area contributed by atoms with Crippen molar-refractivity contribution in [1.29, 1.82) is 0 Å². The number of hydrogen-bond donors (Lipinski definition) is 1. The highest BCUT2D eigenvalue weighted by Crippen LogP contribution is 2.19. The van der Waals surface area contributed by atoms with Crippen LogP contribution in [0.25, 0.3) is 0 Å². The monoisotopic (exact) mass is 264 g/mol. The zero-order valence-electron chi connectivity index (χ0n) is 11.7. The number of aromatic nitrogens is 2. The van der Waals surface area contributed by atoms with Gasteiger partial charge in [0, 0.05) is 57.6 Å². The van der Waals surface area contributed by atoms with Gasteiger partial charge in [-0.05, 0) is 12.8 Å². The van der Waals surface area contributed by atoms with Crippen molar-refractivity contribution >= 4 is 0 Å². The third-order valence-corrected chi connectivity index (χ3v) is 4.11. The zero-order valence-corrected chi connectivity index (χ0v) is 11.7. The van der Waals surface area contributed by atoms with Crippen LogP contribution in [-0.4, -0.2) is 59.4 Å². The Kier molecular flexibility index (Phi) is 4.15. The van der Waals surface area contributed by atoms with Gasteiger partial charge in [0.15, 0.2) is 0 Å². The first kappa shape index (κ1) is 13.1. The molecule has 1 saturated heterocycles.